The fourth-order valence-corrected chi connectivity index (χ4v) is 4.56. The third-order valence-corrected chi connectivity index (χ3v) is 6.74. The summed E-state index contributed by atoms with van der Waals surface area (Å²) >= 11 is 0. The summed E-state index contributed by atoms with van der Waals surface area (Å²) in [6.07, 6.45) is 0. The number of benzene rings is 4. The third kappa shape index (κ3) is 4.02. The zero-order chi connectivity index (χ0) is 21.1. The molecule has 4 aromatic rings. The largest absolute Gasteiger partial charge is 0.493 e. The Balaban J connectivity index is 1.71. The normalized spacial score (nSPS) is 11.4. The highest BCUT2D eigenvalue weighted by Crippen LogP contribution is 2.34. The highest BCUT2D eigenvalue weighted by molar-refractivity contribution is 7.91. The molecule has 0 N–H and O–H groups in total. The van der Waals surface area contributed by atoms with Crippen LogP contribution in [0.3, 0.4) is 0 Å². The Morgan fingerprint density at radius 1 is 0.733 bits per heavy atom. The molecule has 0 fully saturated rings. The Bertz CT molecular complexity index is 1280. The van der Waals surface area contributed by atoms with E-state index >= 15 is 0 Å². The number of fused-ring (bicyclic) bond motifs is 1. The SMILES string of the molecule is COc1cc2ccc(S(=O)(=O)c3ccc(C)cc3)cc2cc1OCc1ccccc1. The maximum absolute atomic E-state index is 13.1. The molecule has 0 aromatic heterocycles. The van der Waals surface area contributed by atoms with Crippen LogP contribution in [0.2, 0.25) is 0 Å². The molecule has 0 atom stereocenters. The topological polar surface area (TPSA) is 52.6 Å². The second-order valence-electron chi connectivity index (χ2n) is 7.10. The summed E-state index contributed by atoms with van der Waals surface area (Å²) in [5.41, 5.74) is 2.05. The molecular weight excluding hydrogens is 396 g/mol. The maximum Gasteiger partial charge on any atom is 0.206 e. The molecule has 0 spiro atoms. The van der Waals surface area contributed by atoms with Gasteiger partial charge in [0.15, 0.2) is 11.5 Å². The highest BCUT2D eigenvalue weighted by atomic mass is 32.2. The van der Waals surface area contributed by atoms with Gasteiger partial charge in [-0.15, -0.1) is 0 Å². The number of sulfone groups is 1. The number of methoxy groups -OCH3 is 1. The van der Waals surface area contributed by atoms with Crippen LogP contribution >= 0.6 is 0 Å². The van der Waals surface area contributed by atoms with Gasteiger partial charge < -0.3 is 9.47 Å². The minimum Gasteiger partial charge on any atom is -0.493 e. The first-order valence-corrected chi connectivity index (χ1v) is 11.1. The lowest BCUT2D eigenvalue weighted by molar-refractivity contribution is 0.285. The molecule has 0 saturated heterocycles. The molecule has 0 aliphatic heterocycles. The van der Waals surface area contributed by atoms with Gasteiger partial charge in [0, 0.05) is 0 Å². The van der Waals surface area contributed by atoms with E-state index in [0.717, 1.165) is 21.9 Å². The molecule has 0 heterocycles. The second-order valence-corrected chi connectivity index (χ2v) is 9.05. The first kappa shape index (κ1) is 20.0. The van der Waals surface area contributed by atoms with Crippen LogP contribution in [0, 0.1) is 6.92 Å². The van der Waals surface area contributed by atoms with Crippen molar-refractivity contribution in [3.8, 4) is 11.5 Å². The van der Waals surface area contributed by atoms with Gasteiger partial charge in [-0.3, -0.25) is 0 Å². The van der Waals surface area contributed by atoms with Crippen molar-refractivity contribution in [2.24, 2.45) is 0 Å². The number of rotatable bonds is 6. The molecule has 0 amide bonds. The second kappa shape index (κ2) is 8.20. The summed E-state index contributed by atoms with van der Waals surface area (Å²) in [5, 5.41) is 1.65. The molecule has 0 saturated carbocycles. The molecule has 4 nitrogen and oxygen atoms in total. The molecule has 30 heavy (non-hydrogen) atoms. The van der Waals surface area contributed by atoms with Crippen molar-refractivity contribution >= 4 is 20.6 Å². The van der Waals surface area contributed by atoms with Crippen LogP contribution in [0.4, 0.5) is 0 Å². The lowest BCUT2D eigenvalue weighted by atomic mass is 10.1. The summed E-state index contributed by atoms with van der Waals surface area (Å²) in [6.45, 7) is 2.32. The predicted molar refractivity (Wildman–Crippen MR) is 118 cm³/mol. The summed E-state index contributed by atoms with van der Waals surface area (Å²) in [5.74, 6) is 1.17. The van der Waals surface area contributed by atoms with Gasteiger partial charge in [-0.1, -0.05) is 54.1 Å². The van der Waals surface area contributed by atoms with Gasteiger partial charge >= 0.3 is 0 Å². The summed E-state index contributed by atoms with van der Waals surface area (Å²) in [6, 6.07) is 25.5. The van der Waals surface area contributed by atoms with E-state index in [0.29, 0.717) is 18.1 Å². The quantitative estimate of drug-likeness (QED) is 0.411. The van der Waals surface area contributed by atoms with Crippen molar-refractivity contribution in [3.05, 3.63) is 96.1 Å². The standard InChI is InChI=1S/C25H22O4S/c1-18-8-11-22(12-9-18)30(26,27)23-13-10-20-15-24(28-2)25(16-21(20)14-23)29-17-19-6-4-3-5-7-19/h3-16H,17H2,1-2H3. The van der Waals surface area contributed by atoms with Crippen molar-refractivity contribution < 1.29 is 17.9 Å². The maximum atomic E-state index is 13.1. The lowest BCUT2D eigenvalue weighted by Gasteiger charge is -2.13. The molecule has 152 valence electrons. The molecular formula is C25H22O4S. The predicted octanol–water partition coefficient (Wildman–Crippen LogP) is 5.57. The number of hydrogen-bond acceptors (Lipinski definition) is 4. The van der Waals surface area contributed by atoms with Crippen molar-refractivity contribution in [1.29, 1.82) is 0 Å². The minimum atomic E-state index is -3.60. The van der Waals surface area contributed by atoms with Crippen LogP contribution in [-0.4, -0.2) is 15.5 Å². The zero-order valence-corrected chi connectivity index (χ0v) is 17.6. The van der Waals surface area contributed by atoms with E-state index in [1.807, 2.05) is 49.4 Å². The van der Waals surface area contributed by atoms with Crippen LogP contribution in [0.5, 0.6) is 11.5 Å². The van der Waals surface area contributed by atoms with E-state index in [-0.39, 0.29) is 9.79 Å². The van der Waals surface area contributed by atoms with Crippen molar-refractivity contribution in [3.63, 3.8) is 0 Å². The Hall–Kier alpha value is -3.31. The fraction of sp³-hybridized carbons (Fsp3) is 0.120. The lowest BCUT2D eigenvalue weighted by Crippen LogP contribution is -2.02. The highest BCUT2D eigenvalue weighted by Gasteiger charge is 2.18. The van der Waals surface area contributed by atoms with Gasteiger partial charge in [0.25, 0.3) is 0 Å². The molecule has 4 aromatic carbocycles. The third-order valence-electron chi connectivity index (χ3n) is 4.97. The molecule has 0 radical (unpaired) electrons. The Labute approximate surface area is 176 Å². The average molecular weight is 419 g/mol. The van der Waals surface area contributed by atoms with Crippen LogP contribution in [-0.2, 0) is 16.4 Å². The van der Waals surface area contributed by atoms with Crippen LogP contribution in [0.1, 0.15) is 11.1 Å². The van der Waals surface area contributed by atoms with E-state index in [1.165, 1.54) is 0 Å². The molecule has 5 heteroatoms. The Morgan fingerprint density at radius 2 is 1.40 bits per heavy atom. The monoisotopic (exact) mass is 418 g/mol. The van der Waals surface area contributed by atoms with Gasteiger partial charge in [-0.25, -0.2) is 8.42 Å². The minimum absolute atomic E-state index is 0.248. The zero-order valence-electron chi connectivity index (χ0n) is 16.8. The van der Waals surface area contributed by atoms with Gasteiger partial charge in [-0.2, -0.15) is 0 Å². The number of hydrogen-bond donors (Lipinski definition) is 0. The number of ether oxygens (including phenoxy) is 2. The molecule has 4 rings (SSSR count). The first-order valence-electron chi connectivity index (χ1n) is 9.58. The van der Waals surface area contributed by atoms with Crippen LogP contribution in [0.15, 0.2) is 94.7 Å². The van der Waals surface area contributed by atoms with Crippen molar-refractivity contribution in [2.45, 2.75) is 23.3 Å². The van der Waals surface area contributed by atoms with E-state index in [1.54, 1.807) is 49.6 Å². The van der Waals surface area contributed by atoms with E-state index in [2.05, 4.69) is 0 Å². The molecule has 0 unspecified atom stereocenters. The van der Waals surface area contributed by atoms with E-state index in [4.69, 9.17) is 9.47 Å². The van der Waals surface area contributed by atoms with Gasteiger partial charge in [0.05, 0.1) is 16.9 Å². The van der Waals surface area contributed by atoms with Crippen LogP contribution in [0.25, 0.3) is 10.8 Å². The van der Waals surface area contributed by atoms with Crippen molar-refractivity contribution in [1.82, 2.24) is 0 Å². The smallest absolute Gasteiger partial charge is 0.206 e. The molecule has 0 aliphatic rings. The van der Waals surface area contributed by atoms with Gasteiger partial charge in [-0.05, 0) is 59.7 Å². The first-order chi connectivity index (χ1) is 14.5. The summed E-state index contributed by atoms with van der Waals surface area (Å²) in [7, 11) is -2.01. The molecule has 0 bridgehead atoms. The fourth-order valence-electron chi connectivity index (χ4n) is 3.26. The van der Waals surface area contributed by atoms with E-state index in [9.17, 15) is 8.42 Å². The van der Waals surface area contributed by atoms with Gasteiger partial charge in [0.1, 0.15) is 6.61 Å². The number of aryl methyl sites for hydroxylation is 1. The Kier molecular flexibility index (Phi) is 5.46. The summed E-state index contributed by atoms with van der Waals surface area (Å²) in [4.78, 5) is 0.527. The Morgan fingerprint density at radius 3 is 2.10 bits per heavy atom. The molecule has 0 aliphatic carbocycles. The van der Waals surface area contributed by atoms with E-state index < -0.39 is 9.84 Å². The van der Waals surface area contributed by atoms with Crippen LogP contribution < -0.4 is 9.47 Å². The van der Waals surface area contributed by atoms with Gasteiger partial charge in [0.2, 0.25) is 9.84 Å². The summed E-state index contributed by atoms with van der Waals surface area (Å²) < 4.78 is 37.6. The average Bonchev–Trinajstić information content (AvgIpc) is 2.77. The van der Waals surface area contributed by atoms with Crippen molar-refractivity contribution in [2.75, 3.05) is 7.11 Å².